The van der Waals surface area contributed by atoms with Crippen LogP contribution in [0.2, 0.25) is 0 Å². The Balaban J connectivity index is 1.37. The van der Waals surface area contributed by atoms with Crippen LogP contribution in [0.5, 0.6) is 5.88 Å². The zero-order chi connectivity index (χ0) is 32.4. The van der Waals surface area contributed by atoms with Crippen LogP contribution in [0.4, 0.5) is 19.1 Å². The molecule has 0 radical (unpaired) electrons. The summed E-state index contributed by atoms with van der Waals surface area (Å²) in [5, 5.41) is 12.8. The molecule has 3 N–H and O–H groups in total. The second kappa shape index (κ2) is 13.6. The molecule has 0 bridgehead atoms. The first-order valence-electron chi connectivity index (χ1n) is 15.1. The van der Waals surface area contributed by atoms with E-state index >= 15 is 0 Å². The Morgan fingerprint density at radius 3 is 2.40 bits per heavy atom. The molecule has 2 aliphatic rings. The standard InChI is InChI=1S/C33H39F3N4O4S/c1-19(2)44-25-14-23(15-25)37-24(17-32(11-12-32)33(34,35)36)18-43-28-16-27(29-20(3)7-5-8-21(29)4)38-31(39-28)40-45-26-10-6-9-22(13-26)30(41)42/h5-10,13,16,19,23-25,37H,11-12,14-15,17-18H2,1-4H3,(H,41,42)(H,38,39,40). The molecule has 0 aliphatic heterocycles. The fourth-order valence-electron chi connectivity index (χ4n) is 5.80. The van der Waals surface area contributed by atoms with Crippen LogP contribution in [0, 0.1) is 19.3 Å². The van der Waals surface area contributed by atoms with E-state index in [-0.39, 0.29) is 61.5 Å². The predicted molar refractivity (Wildman–Crippen MR) is 168 cm³/mol. The zero-order valence-corrected chi connectivity index (χ0v) is 26.6. The van der Waals surface area contributed by atoms with E-state index in [2.05, 4.69) is 15.0 Å². The van der Waals surface area contributed by atoms with Crippen molar-refractivity contribution < 1.29 is 32.5 Å². The molecule has 242 valence electrons. The fraction of sp³-hybridized carbons (Fsp3) is 0.485. The Morgan fingerprint density at radius 2 is 1.78 bits per heavy atom. The molecule has 0 saturated heterocycles. The highest BCUT2D eigenvalue weighted by Gasteiger charge is 2.63. The normalized spacial score (nSPS) is 19.6. The van der Waals surface area contributed by atoms with Gasteiger partial charge in [-0.25, -0.2) is 9.78 Å². The number of nitrogens with one attached hydrogen (secondary N) is 2. The highest BCUT2D eigenvalue weighted by atomic mass is 32.2. The molecule has 1 heterocycles. The third kappa shape index (κ3) is 8.28. The third-order valence-corrected chi connectivity index (χ3v) is 9.11. The van der Waals surface area contributed by atoms with E-state index in [1.807, 2.05) is 45.9 Å². The van der Waals surface area contributed by atoms with Crippen molar-refractivity contribution >= 4 is 23.9 Å². The Morgan fingerprint density at radius 1 is 1.09 bits per heavy atom. The molecule has 3 aromatic rings. The summed E-state index contributed by atoms with van der Waals surface area (Å²) >= 11 is 1.15. The average molecular weight is 645 g/mol. The summed E-state index contributed by atoms with van der Waals surface area (Å²) < 4.78 is 57.0. The third-order valence-electron chi connectivity index (χ3n) is 8.34. The van der Waals surface area contributed by atoms with Gasteiger partial charge < -0.3 is 19.9 Å². The number of carbonyl (C=O) groups is 1. The van der Waals surface area contributed by atoms with Gasteiger partial charge in [0.15, 0.2) is 0 Å². The monoisotopic (exact) mass is 644 g/mol. The van der Waals surface area contributed by atoms with Gasteiger partial charge >= 0.3 is 12.1 Å². The van der Waals surface area contributed by atoms with Gasteiger partial charge in [-0.1, -0.05) is 24.3 Å². The predicted octanol–water partition coefficient (Wildman–Crippen LogP) is 7.60. The summed E-state index contributed by atoms with van der Waals surface area (Å²) in [5.74, 6) is -0.585. The molecule has 45 heavy (non-hydrogen) atoms. The zero-order valence-electron chi connectivity index (χ0n) is 25.8. The van der Waals surface area contributed by atoms with Gasteiger partial charge in [0, 0.05) is 28.6 Å². The number of benzene rings is 2. The SMILES string of the molecule is Cc1cccc(C)c1-c1cc(OCC(CC2(C(F)(F)F)CC2)NC2CC(OC(C)C)C2)nc(NSc2cccc(C(=O)O)c2)n1. The van der Waals surface area contributed by atoms with E-state index in [9.17, 15) is 23.1 Å². The van der Waals surface area contributed by atoms with E-state index in [0.717, 1.165) is 41.5 Å². The summed E-state index contributed by atoms with van der Waals surface area (Å²) in [4.78, 5) is 21.3. The smallest absolute Gasteiger partial charge is 0.394 e. The van der Waals surface area contributed by atoms with Gasteiger partial charge in [0.25, 0.3) is 0 Å². The van der Waals surface area contributed by atoms with Gasteiger partial charge in [0.05, 0.1) is 28.9 Å². The van der Waals surface area contributed by atoms with Crippen LogP contribution in [0.15, 0.2) is 53.4 Å². The molecule has 8 nitrogen and oxygen atoms in total. The molecule has 2 saturated carbocycles. The second-order valence-electron chi connectivity index (χ2n) is 12.4. The number of nitrogens with zero attached hydrogens (tertiary/aromatic N) is 2. The number of carboxylic acids is 1. The summed E-state index contributed by atoms with van der Waals surface area (Å²) in [6, 6.07) is 13.6. The van der Waals surface area contributed by atoms with Crippen LogP contribution in [-0.2, 0) is 4.74 Å². The molecule has 2 aromatic carbocycles. The first-order valence-corrected chi connectivity index (χ1v) is 16.0. The lowest BCUT2D eigenvalue weighted by Gasteiger charge is -2.39. The minimum Gasteiger partial charge on any atom is -0.478 e. The summed E-state index contributed by atoms with van der Waals surface area (Å²) in [6.07, 6.45) is -2.41. The molecule has 2 fully saturated rings. The lowest BCUT2D eigenvalue weighted by atomic mass is 9.87. The number of ether oxygens (including phenoxy) is 2. The summed E-state index contributed by atoms with van der Waals surface area (Å²) in [7, 11) is 0. The van der Waals surface area contributed by atoms with Gasteiger partial charge in [0.2, 0.25) is 11.8 Å². The molecule has 2 aliphatic carbocycles. The van der Waals surface area contributed by atoms with Crippen LogP contribution in [0.3, 0.4) is 0 Å². The van der Waals surface area contributed by atoms with Crippen molar-refractivity contribution in [3.05, 3.63) is 65.2 Å². The fourth-order valence-corrected chi connectivity index (χ4v) is 6.43. The molecule has 1 atom stereocenters. The van der Waals surface area contributed by atoms with Crippen LogP contribution >= 0.6 is 11.9 Å². The number of carboxylic acid groups (broad SMARTS) is 1. The number of rotatable bonds is 14. The first-order chi connectivity index (χ1) is 21.3. The van der Waals surface area contributed by atoms with Crippen molar-refractivity contribution in [2.24, 2.45) is 5.41 Å². The molecular formula is C33H39F3N4O4S. The largest absolute Gasteiger partial charge is 0.478 e. The number of hydrogen-bond donors (Lipinski definition) is 3. The summed E-state index contributed by atoms with van der Waals surface area (Å²) in [5.41, 5.74) is 1.96. The van der Waals surface area contributed by atoms with E-state index in [0.29, 0.717) is 10.6 Å². The van der Waals surface area contributed by atoms with Crippen molar-refractivity contribution in [3.8, 4) is 17.1 Å². The molecule has 12 heteroatoms. The number of anilines is 1. The first kappa shape index (κ1) is 33.0. The van der Waals surface area contributed by atoms with Crippen LogP contribution in [0.25, 0.3) is 11.3 Å². The van der Waals surface area contributed by atoms with Crippen LogP contribution < -0.4 is 14.8 Å². The highest BCUT2D eigenvalue weighted by Crippen LogP contribution is 2.60. The number of halogens is 3. The maximum atomic E-state index is 14.0. The van der Waals surface area contributed by atoms with Gasteiger partial charge in [-0.15, -0.1) is 0 Å². The molecule has 5 rings (SSSR count). The minimum atomic E-state index is -4.27. The van der Waals surface area contributed by atoms with E-state index < -0.39 is 23.6 Å². The van der Waals surface area contributed by atoms with Gasteiger partial charge in [-0.05, 0) is 101 Å². The molecule has 1 aromatic heterocycles. The number of hydrogen-bond acceptors (Lipinski definition) is 8. The molecule has 0 amide bonds. The Labute approximate surface area is 265 Å². The molecule has 1 unspecified atom stereocenters. The van der Waals surface area contributed by atoms with Gasteiger partial charge in [0.1, 0.15) is 6.61 Å². The maximum Gasteiger partial charge on any atom is 0.394 e. The van der Waals surface area contributed by atoms with Crippen molar-refractivity contribution in [2.45, 2.75) is 95.2 Å². The van der Waals surface area contributed by atoms with Crippen molar-refractivity contribution in [3.63, 3.8) is 0 Å². The number of aromatic carboxylic acids is 1. The van der Waals surface area contributed by atoms with E-state index in [1.54, 1.807) is 18.2 Å². The Hall–Kier alpha value is -3.35. The minimum absolute atomic E-state index is 0.000478. The quantitative estimate of drug-likeness (QED) is 0.153. The number of alkyl halides is 3. The Kier molecular flexibility index (Phi) is 9.95. The highest BCUT2D eigenvalue weighted by molar-refractivity contribution is 8.00. The van der Waals surface area contributed by atoms with Crippen molar-refractivity contribution in [1.82, 2.24) is 15.3 Å². The maximum absolute atomic E-state index is 14.0. The van der Waals surface area contributed by atoms with E-state index in [1.165, 1.54) is 12.1 Å². The van der Waals surface area contributed by atoms with Crippen molar-refractivity contribution in [1.29, 1.82) is 0 Å². The van der Waals surface area contributed by atoms with Gasteiger partial charge in [-0.2, -0.15) is 18.2 Å². The van der Waals surface area contributed by atoms with Gasteiger partial charge in [-0.3, -0.25) is 4.72 Å². The van der Waals surface area contributed by atoms with E-state index in [4.69, 9.17) is 14.5 Å². The lowest BCUT2D eigenvalue weighted by molar-refractivity contribution is -0.191. The number of aromatic nitrogens is 2. The molecule has 0 spiro atoms. The molecular weight excluding hydrogens is 605 g/mol. The summed E-state index contributed by atoms with van der Waals surface area (Å²) in [6.45, 7) is 7.90. The lowest BCUT2D eigenvalue weighted by Crippen LogP contribution is -2.52. The second-order valence-corrected chi connectivity index (χ2v) is 13.2. The van der Waals surface area contributed by atoms with Crippen molar-refractivity contribution in [2.75, 3.05) is 11.3 Å². The number of aryl methyl sites for hydroxylation is 2. The topological polar surface area (TPSA) is 106 Å². The Bertz CT molecular complexity index is 1490. The van der Waals surface area contributed by atoms with Crippen LogP contribution in [0.1, 0.15) is 67.4 Å². The van der Waals surface area contributed by atoms with Crippen LogP contribution in [-0.4, -0.2) is 58.1 Å². The average Bonchev–Trinajstić information content (AvgIpc) is 3.74.